The maximum Gasteiger partial charge on any atom is 0.389 e. The number of thiazole rings is 1. The first kappa shape index (κ1) is 57.8. The summed E-state index contributed by atoms with van der Waals surface area (Å²) >= 11 is 8.16. The number of nitrogens with one attached hydrogen (secondary N) is 3. The number of carbonyl (C=O) groups is 8. The van der Waals surface area contributed by atoms with Crippen LogP contribution in [0, 0.1) is 17.7 Å². The van der Waals surface area contributed by atoms with Crippen LogP contribution in [0.4, 0.5) is 13.2 Å². The van der Waals surface area contributed by atoms with Crippen LogP contribution < -0.4 is 21.7 Å². The van der Waals surface area contributed by atoms with Gasteiger partial charge < -0.3 is 40.9 Å². The molecular formula is C54H53ClF3N8O11PS2. The molecule has 8 amide bonds. The first-order valence-corrected chi connectivity index (χ1v) is 28.9. The summed E-state index contributed by atoms with van der Waals surface area (Å²) in [5.41, 5.74) is 7.60. The minimum Gasteiger partial charge on any atom is -0.370 e. The fourth-order valence-corrected chi connectivity index (χ4v) is 12.8. The maximum atomic E-state index is 15.0. The number of nitrogens with zero attached hydrogens (tertiary/aromatic N) is 4. The lowest BCUT2D eigenvalue weighted by molar-refractivity contribution is -0.189. The molecule has 0 radical (unpaired) electrons. The Morgan fingerprint density at radius 1 is 1.00 bits per heavy atom. The van der Waals surface area contributed by atoms with Crippen LogP contribution in [0.1, 0.15) is 125 Å². The van der Waals surface area contributed by atoms with Crippen molar-refractivity contribution in [1.82, 2.24) is 35.6 Å². The van der Waals surface area contributed by atoms with Gasteiger partial charge in [-0.25, -0.2) is 13.9 Å². The van der Waals surface area contributed by atoms with Crippen molar-refractivity contribution >= 4 is 100 Å². The van der Waals surface area contributed by atoms with Crippen molar-refractivity contribution in [3.8, 4) is 23.1 Å². The second-order valence-corrected chi connectivity index (χ2v) is 22.8. The average Bonchev–Trinajstić information content (AvgIpc) is 4.33. The van der Waals surface area contributed by atoms with Crippen LogP contribution in [0.5, 0.6) is 0 Å². The van der Waals surface area contributed by atoms with Gasteiger partial charge in [-0.2, -0.15) is 8.78 Å². The summed E-state index contributed by atoms with van der Waals surface area (Å²) in [6, 6.07) is 9.46. The maximum absolute atomic E-state index is 15.0. The summed E-state index contributed by atoms with van der Waals surface area (Å²) in [5, 5.41) is 10.2. The van der Waals surface area contributed by atoms with Crippen molar-refractivity contribution in [2.24, 2.45) is 5.73 Å². The SMILES string of the molecule is NC(=O)CC[C@H](NC(=O)[C@@H]1CC[C@@H]2CCN(C(=O)CCCCCC#Cc3cccc4c3CN(C3CCC(=O)NC3=O)C4=O)C[C@H](NC(=O)c3cc4cc(C(F)(F)OP(O)O)ccc4s3)C(=O)N21)c1nc(-c2ccc(F)c(Cl)c2)cs1. The molecule has 5 aromatic rings. The van der Waals surface area contributed by atoms with E-state index in [2.05, 4.69) is 37.3 Å². The molecule has 4 aliphatic rings. The van der Waals surface area contributed by atoms with E-state index in [0.717, 1.165) is 23.5 Å². The third-order valence-corrected chi connectivity index (χ3v) is 17.2. The number of alkyl halides is 2. The number of thiophene rings is 1. The molecule has 0 spiro atoms. The fraction of sp³-hybridized carbons (Fsp3) is 0.389. The van der Waals surface area contributed by atoms with Crippen molar-refractivity contribution in [3.63, 3.8) is 0 Å². The van der Waals surface area contributed by atoms with E-state index in [4.69, 9.17) is 27.1 Å². The van der Waals surface area contributed by atoms with Crippen LogP contribution in [0.15, 0.2) is 66.0 Å². The van der Waals surface area contributed by atoms with E-state index in [9.17, 15) is 51.5 Å². The number of piperidine rings is 1. The Kier molecular flexibility index (Phi) is 18.0. The minimum atomic E-state index is -4.07. The highest BCUT2D eigenvalue weighted by Gasteiger charge is 2.46. The van der Waals surface area contributed by atoms with Gasteiger partial charge in [0.05, 0.1) is 27.2 Å². The molecule has 5 atom stereocenters. The Bertz CT molecular complexity index is 3350. The van der Waals surface area contributed by atoms with Gasteiger partial charge in [0, 0.05) is 78.1 Å². The highest BCUT2D eigenvalue weighted by molar-refractivity contribution is 7.39. The molecule has 7 N–H and O–H groups in total. The number of benzene rings is 3. The third-order valence-electron chi connectivity index (χ3n) is 14.5. The van der Waals surface area contributed by atoms with Gasteiger partial charge in [0.15, 0.2) is 0 Å². The van der Waals surface area contributed by atoms with Crippen LogP contribution in [0.25, 0.3) is 21.3 Å². The Morgan fingerprint density at radius 2 is 1.81 bits per heavy atom. The summed E-state index contributed by atoms with van der Waals surface area (Å²) in [4.78, 5) is 135. The number of hydrogen-bond acceptors (Lipinski definition) is 14. The van der Waals surface area contributed by atoms with Crippen molar-refractivity contribution < 1.29 is 65.8 Å². The molecule has 3 saturated heterocycles. The van der Waals surface area contributed by atoms with E-state index in [1.54, 1.807) is 23.6 Å². The molecule has 0 aliphatic carbocycles. The van der Waals surface area contributed by atoms with Crippen LogP contribution in [0.3, 0.4) is 0 Å². The van der Waals surface area contributed by atoms with Crippen molar-refractivity contribution in [2.75, 3.05) is 13.1 Å². The summed E-state index contributed by atoms with van der Waals surface area (Å²) in [7, 11) is -3.41. The zero-order valence-electron chi connectivity index (χ0n) is 42.6. The van der Waals surface area contributed by atoms with Gasteiger partial charge in [0.2, 0.25) is 35.4 Å². The Hall–Kier alpha value is -6.84. The lowest BCUT2D eigenvalue weighted by atomic mass is 10.0. The molecule has 0 saturated carbocycles. The Labute approximate surface area is 470 Å². The number of halogens is 4. The number of primary amides is 1. The monoisotopic (exact) mass is 1180 g/mol. The van der Waals surface area contributed by atoms with E-state index in [1.165, 1.54) is 56.4 Å². The predicted octanol–water partition coefficient (Wildman–Crippen LogP) is 6.67. The van der Waals surface area contributed by atoms with Gasteiger partial charge in [-0.1, -0.05) is 35.9 Å². The van der Waals surface area contributed by atoms with Gasteiger partial charge in [-0.05, 0) is 110 Å². The van der Waals surface area contributed by atoms with Gasteiger partial charge in [-0.15, -0.1) is 22.7 Å². The van der Waals surface area contributed by atoms with Gasteiger partial charge >= 0.3 is 14.7 Å². The molecule has 19 nitrogen and oxygen atoms in total. The topological polar surface area (TPSA) is 271 Å². The number of unbranched alkanes of at least 4 members (excludes halogenated alkanes) is 3. The highest BCUT2D eigenvalue weighted by atomic mass is 35.5. The smallest absolute Gasteiger partial charge is 0.370 e. The number of fused-ring (bicyclic) bond motifs is 3. The zero-order chi connectivity index (χ0) is 57.0. The third kappa shape index (κ3) is 13.2. The minimum absolute atomic E-state index is 0.0263. The second kappa shape index (κ2) is 24.9. The van der Waals surface area contributed by atoms with Crippen LogP contribution >= 0.6 is 42.9 Å². The van der Waals surface area contributed by atoms with Crippen molar-refractivity contribution in [2.45, 2.75) is 120 Å². The van der Waals surface area contributed by atoms with Crippen LogP contribution in [0.2, 0.25) is 5.02 Å². The number of rotatable bonds is 18. The molecule has 2 aromatic heterocycles. The van der Waals surface area contributed by atoms with Crippen molar-refractivity contribution in [1.29, 1.82) is 0 Å². The Morgan fingerprint density at radius 3 is 2.58 bits per heavy atom. The quantitative estimate of drug-likeness (QED) is 0.0232. The van der Waals surface area contributed by atoms with E-state index in [1.807, 2.05) is 0 Å². The Balaban J connectivity index is 0.881. The molecule has 3 fully saturated rings. The molecule has 0 bridgehead atoms. The van der Waals surface area contributed by atoms with Crippen molar-refractivity contribution in [3.05, 3.63) is 109 Å². The molecule has 1 unspecified atom stereocenters. The lowest BCUT2D eigenvalue weighted by Crippen LogP contribution is -2.61. The summed E-state index contributed by atoms with van der Waals surface area (Å²) < 4.78 is 47.8. The van der Waals surface area contributed by atoms with Gasteiger partial charge in [0.1, 0.15) is 29.0 Å². The number of amides is 8. The van der Waals surface area contributed by atoms with Gasteiger partial charge in [0.25, 0.3) is 11.8 Å². The highest BCUT2D eigenvalue weighted by Crippen LogP contribution is 2.43. The van der Waals surface area contributed by atoms with Crippen LogP contribution in [-0.2, 0) is 45.9 Å². The summed E-state index contributed by atoms with van der Waals surface area (Å²) in [6.07, 6.45) is -0.560. The number of nitrogens with two attached hydrogens (primary N) is 1. The number of imide groups is 1. The summed E-state index contributed by atoms with van der Waals surface area (Å²) in [5.74, 6) is 1.66. The first-order chi connectivity index (χ1) is 38.2. The average molecular weight is 1180 g/mol. The fourth-order valence-electron chi connectivity index (χ4n) is 10.4. The van der Waals surface area contributed by atoms with E-state index in [0.29, 0.717) is 76.2 Å². The van der Waals surface area contributed by atoms with E-state index < -0.39 is 85.8 Å². The number of hydrogen-bond donors (Lipinski definition) is 6. The van der Waals surface area contributed by atoms with E-state index >= 15 is 0 Å². The van der Waals surface area contributed by atoms with Crippen LogP contribution in [-0.4, -0.2) is 114 Å². The molecule has 80 heavy (non-hydrogen) atoms. The lowest BCUT2D eigenvalue weighted by Gasteiger charge is -2.39. The number of carbonyl (C=O) groups excluding carboxylic acids is 8. The summed E-state index contributed by atoms with van der Waals surface area (Å²) in [6.45, 7) is 0.0960. The molecule has 26 heteroatoms. The molecule has 420 valence electrons. The molecule has 9 rings (SSSR count). The van der Waals surface area contributed by atoms with E-state index in [-0.39, 0.29) is 91.2 Å². The second-order valence-electron chi connectivity index (χ2n) is 19.7. The molecule has 4 aliphatic heterocycles. The number of aromatic nitrogens is 1. The molecular weight excluding hydrogens is 1120 g/mol. The van der Waals surface area contributed by atoms with Gasteiger partial charge in [-0.3, -0.25) is 43.7 Å². The predicted molar refractivity (Wildman–Crippen MR) is 289 cm³/mol. The normalized spacial score (nSPS) is 19.7. The first-order valence-electron chi connectivity index (χ1n) is 25.7. The largest absolute Gasteiger partial charge is 0.389 e. The molecule has 6 heterocycles. The zero-order valence-corrected chi connectivity index (χ0v) is 45.8. The molecule has 3 aromatic carbocycles. The standard InChI is InChI=1S/C54H53ClF3N8O11PS2/c55-36-24-30(11-14-37(36)56)40-28-79-51(62-40)38(15-19-45(59)67)60-49(71)42-16-13-33-21-22-64(27-39(53(74)66(33)42)61-50(72)44-25-31-23-32(12-18-43(31)80-44)54(57,58)77-78(75)76)47(69)10-5-3-1-2-4-7-29-8-6-9-34-35(29)26-65(52(34)73)41-17-20-46(68)63-48(41)70/h6,8-9,11-12,14,18,23-25,28,33,38-39,41-42,75-76H,1-3,5,10,13,15-17,19-22,26-27H2,(H2,59,67)(H,60,71)(H,61,72)(H,63,68,70)/t33-,38+,39+,41?,42+/m1/s1.